The first kappa shape index (κ1) is 19.3. The number of nitrogens with one attached hydrogen (secondary N) is 2. The number of carbonyl (C=O) groups excluding carboxylic acids is 1. The second-order valence-corrected chi connectivity index (χ2v) is 7.85. The second kappa shape index (κ2) is 8.57. The van der Waals surface area contributed by atoms with Gasteiger partial charge in [0.15, 0.2) is 0 Å². The average molecular weight is 453 g/mol. The number of hydrogen-bond donors (Lipinski definition) is 2. The minimum Gasteiger partial charge on any atom is -0.341 e. The van der Waals surface area contributed by atoms with Gasteiger partial charge in [0.2, 0.25) is 5.95 Å². The van der Waals surface area contributed by atoms with Gasteiger partial charge in [-0.25, -0.2) is 4.98 Å². The van der Waals surface area contributed by atoms with E-state index in [9.17, 15) is 4.79 Å². The molecule has 0 saturated carbocycles. The van der Waals surface area contributed by atoms with Crippen LogP contribution in [0.4, 0.5) is 23.1 Å². The Labute approximate surface area is 177 Å². The molecule has 3 aromatic rings. The van der Waals surface area contributed by atoms with Gasteiger partial charge in [-0.2, -0.15) is 4.98 Å². The summed E-state index contributed by atoms with van der Waals surface area (Å²) in [6.45, 7) is 3.98. The van der Waals surface area contributed by atoms with Gasteiger partial charge in [-0.3, -0.25) is 9.78 Å². The van der Waals surface area contributed by atoms with Crippen molar-refractivity contribution >= 4 is 45.0 Å². The molecule has 2 N–H and O–H groups in total. The first-order valence-corrected chi connectivity index (χ1v) is 10.3. The van der Waals surface area contributed by atoms with Gasteiger partial charge in [0.05, 0.1) is 5.56 Å². The van der Waals surface area contributed by atoms with Gasteiger partial charge in [0, 0.05) is 53.1 Å². The van der Waals surface area contributed by atoms with E-state index < -0.39 is 0 Å². The molecule has 0 atom stereocenters. The number of rotatable bonds is 5. The molecule has 0 bridgehead atoms. The Morgan fingerprint density at radius 3 is 2.48 bits per heavy atom. The van der Waals surface area contributed by atoms with E-state index in [1.165, 1.54) is 19.0 Å². The number of nitrogens with zero attached hydrogens (tertiary/aromatic N) is 4. The summed E-state index contributed by atoms with van der Waals surface area (Å²) < 4.78 is 0.762. The summed E-state index contributed by atoms with van der Waals surface area (Å²) in [7, 11) is 0. The Balaban J connectivity index is 1.44. The zero-order valence-electron chi connectivity index (χ0n) is 16.0. The quantitative estimate of drug-likeness (QED) is 0.591. The van der Waals surface area contributed by atoms with Crippen LogP contribution in [0, 0.1) is 6.92 Å². The fourth-order valence-corrected chi connectivity index (χ4v) is 3.56. The number of carbonyl (C=O) groups is 1. The molecule has 1 aromatic carbocycles. The van der Waals surface area contributed by atoms with E-state index in [0.29, 0.717) is 11.3 Å². The molecule has 1 fully saturated rings. The van der Waals surface area contributed by atoms with Gasteiger partial charge in [0.1, 0.15) is 5.82 Å². The SMILES string of the molecule is Cc1cc(Nc2ccc(NC(=O)c3cncc(Br)c3)cc2)nc(N2CCCC2)n1. The van der Waals surface area contributed by atoms with E-state index in [2.05, 4.69) is 46.4 Å². The van der Waals surface area contributed by atoms with E-state index in [4.69, 9.17) is 0 Å². The van der Waals surface area contributed by atoms with Crippen LogP contribution in [0.3, 0.4) is 0 Å². The van der Waals surface area contributed by atoms with E-state index in [1.54, 1.807) is 12.3 Å². The molecule has 1 saturated heterocycles. The van der Waals surface area contributed by atoms with Crippen LogP contribution in [0.1, 0.15) is 28.9 Å². The number of benzene rings is 1. The number of anilines is 4. The van der Waals surface area contributed by atoms with Gasteiger partial charge in [-0.15, -0.1) is 0 Å². The Hall–Kier alpha value is -3.00. The highest BCUT2D eigenvalue weighted by Gasteiger charge is 2.16. The van der Waals surface area contributed by atoms with Crippen LogP contribution in [0.2, 0.25) is 0 Å². The molecule has 2 aromatic heterocycles. The highest BCUT2D eigenvalue weighted by atomic mass is 79.9. The maximum atomic E-state index is 12.3. The summed E-state index contributed by atoms with van der Waals surface area (Å²) in [4.78, 5) is 27.8. The van der Waals surface area contributed by atoms with Crippen molar-refractivity contribution in [3.63, 3.8) is 0 Å². The Kier molecular flexibility index (Phi) is 5.71. The van der Waals surface area contributed by atoms with E-state index in [1.807, 2.05) is 37.3 Å². The fraction of sp³-hybridized carbons (Fsp3) is 0.238. The molecule has 3 heterocycles. The highest BCUT2D eigenvalue weighted by molar-refractivity contribution is 9.10. The Morgan fingerprint density at radius 1 is 1.03 bits per heavy atom. The standard InChI is InChI=1S/C21H21BrN6O/c1-14-10-19(27-21(24-14)28-8-2-3-9-28)25-17-4-6-18(7-5-17)26-20(29)15-11-16(22)13-23-12-15/h4-7,10-13H,2-3,8-9H2,1H3,(H,26,29)(H,24,25,27). The lowest BCUT2D eigenvalue weighted by molar-refractivity contribution is 0.102. The molecule has 0 unspecified atom stereocenters. The number of aryl methyl sites for hydroxylation is 1. The van der Waals surface area contributed by atoms with Gasteiger partial charge in [-0.1, -0.05) is 0 Å². The summed E-state index contributed by atoms with van der Waals surface area (Å²) in [5.41, 5.74) is 3.01. The van der Waals surface area contributed by atoms with Crippen LogP contribution in [0.5, 0.6) is 0 Å². The molecule has 1 aliphatic rings. The van der Waals surface area contributed by atoms with Gasteiger partial charge in [-0.05, 0) is 66.0 Å². The molecule has 1 amide bonds. The number of pyridine rings is 1. The molecule has 148 valence electrons. The second-order valence-electron chi connectivity index (χ2n) is 6.94. The molecular formula is C21H21BrN6O. The van der Waals surface area contributed by atoms with Gasteiger partial charge >= 0.3 is 0 Å². The molecule has 4 rings (SSSR count). The molecule has 0 spiro atoms. The molecule has 8 heteroatoms. The van der Waals surface area contributed by atoms with Crippen LogP contribution in [0.15, 0.2) is 53.3 Å². The fourth-order valence-electron chi connectivity index (χ4n) is 3.20. The van der Waals surface area contributed by atoms with Crippen molar-refractivity contribution in [1.29, 1.82) is 0 Å². The minimum absolute atomic E-state index is 0.207. The third-order valence-electron chi connectivity index (χ3n) is 4.61. The van der Waals surface area contributed by atoms with Crippen molar-refractivity contribution in [2.45, 2.75) is 19.8 Å². The highest BCUT2D eigenvalue weighted by Crippen LogP contribution is 2.22. The van der Waals surface area contributed by atoms with Crippen molar-refractivity contribution in [1.82, 2.24) is 15.0 Å². The molecule has 0 radical (unpaired) electrons. The zero-order valence-corrected chi connectivity index (χ0v) is 17.6. The normalized spacial score (nSPS) is 13.4. The Bertz CT molecular complexity index is 1020. The summed E-state index contributed by atoms with van der Waals surface area (Å²) in [5, 5.41) is 6.19. The number of amides is 1. The third-order valence-corrected chi connectivity index (χ3v) is 5.05. The minimum atomic E-state index is -0.207. The van der Waals surface area contributed by atoms with E-state index in [-0.39, 0.29) is 5.91 Å². The summed E-state index contributed by atoms with van der Waals surface area (Å²) in [6.07, 6.45) is 5.54. The average Bonchev–Trinajstić information content (AvgIpc) is 3.24. The van der Waals surface area contributed by atoms with Crippen molar-refractivity contribution < 1.29 is 4.79 Å². The molecule has 7 nitrogen and oxygen atoms in total. The monoisotopic (exact) mass is 452 g/mol. The van der Waals surface area contributed by atoms with Crippen LogP contribution < -0.4 is 15.5 Å². The molecule has 1 aliphatic heterocycles. The van der Waals surface area contributed by atoms with Gasteiger partial charge in [0.25, 0.3) is 5.91 Å². The zero-order chi connectivity index (χ0) is 20.2. The lowest BCUT2D eigenvalue weighted by atomic mass is 10.2. The van der Waals surface area contributed by atoms with Crippen LogP contribution >= 0.6 is 15.9 Å². The maximum Gasteiger partial charge on any atom is 0.257 e. The molecular weight excluding hydrogens is 432 g/mol. The number of aromatic nitrogens is 3. The maximum absolute atomic E-state index is 12.3. The molecule has 29 heavy (non-hydrogen) atoms. The smallest absolute Gasteiger partial charge is 0.257 e. The van der Waals surface area contributed by atoms with E-state index >= 15 is 0 Å². The lowest BCUT2D eigenvalue weighted by Gasteiger charge is -2.17. The van der Waals surface area contributed by atoms with Crippen molar-refractivity contribution in [3.8, 4) is 0 Å². The lowest BCUT2D eigenvalue weighted by Crippen LogP contribution is -2.21. The summed E-state index contributed by atoms with van der Waals surface area (Å²) >= 11 is 3.32. The first-order valence-electron chi connectivity index (χ1n) is 9.46. The Morgan fingerprint density at radius 2 is 1.76 bits per heavy atom. The van der Waals surface area contributed by atoms with E-state index in [0.717, 1.165) is 40.7 Å². The van der Waals surface area contributed by atoms with Gasteiger partial charge < -0.3 is 15.5 Å². The summed E-state index contributed by atoms with van der Waals surface area (Å²) in [5.74, 6) is 1.33. The summed E-state index contributed by atoms with van der Waals surface area (Å²) in [6, 6.07) is 11.2. The van der Waals surface area contributed by atoms with Crippen LogP contribution in [-0.4, -0.2) is 33.9 Å². The molecule has 0 aliphatic carbocycles. The topological polar surface area (TPSA) is 83.0 Å². The van der Waals surface area contributed by atoms with Crippen molar-refractivity contribution in [3.05, 3.63) is 64.5 Å². The third kappa shape index (κ3) is 4.89. The predicted molar refractivity (Wildman–Crippen MR) is 118 cm³/mol. The predicted octanol–water partition coefficient (Wildman–Crippen LogP) is 4.54. The van der Waals surface area contributed by atoms with Crippen LogP contribution in [-0.2, 0) is 0 Å². The first-order chi connectivity index (χ1) is 14.1. The number of halogens is 1. The van der Waals surface area contributed by atoms with Crippen molar-refractivity contribution in [2.24, 2.45) is 0 Å². The largest absolute Gasteiger partial charge is 0.341 e. The number of hydrogen-bond acceptors (Lipinski definition) is 6. The van der Waals surface area contributed by atoms with Crippen LogP contribution in [0.25, 0.3) is 0 Å². The van der Waals surface area contributed by atoms with Crippen molar-refractivity contribution in [2.75, 3.05) is 28.6 Å².